The van der Waals surface area contributed by atoms with Gasteiger partial charge in [0.25, 0.3) is 5.91 Å². The predicted octanol–water partition coefficient (Wildman–Crippen LogP) is 3.65. The van der Waals surface area contributed by atoms with Crippen LogP contribution < -0.4 is 14.8 Å². The number of hydrogen-bond acceptors (Lipinski definition) is 5. The van der Waals surface area contributed by atoms with Crippen LogP contribution in [0, 0.1) is 6.92 Å². The van der Waals surface area contributed by atoms with Crippen molar-refractivity contribution in [3.05, 3.63) is 77.6 Å². The second-order valence-electron chi connectivity index (χ2n) is 6.65. The van der Waals surface area contributed by atoms with Crippen LogP contribution in [0.25, 0.3) is 6.08 Å². The molecule has 0 aliphatic heterocycles. The number of anilines is 1. The highest BCUT2D eigenvalue weighted by molar-refractivity contribution is 6.05. The lowest BCUT2D eigenvalue weighted by Gasteiger charge is -2.11. The molecule has 0 aliphatic carbocycles. The molecule has 7 nitrogen and oxygen atoms in total. The largest absolute Gasteiger partial charge is 0.493 e. The van der Waals surface area contributed by atoms with E-state index in [1.54, 1.807) is 43.6 Å². The second-order valence-corrected chi connectivity index (χ2v) is 6.65. The van der Waals surface area contributed by atoms with E-state index >= 15 is 0 Å². The van der Waals surface area contributed by atoms with Crippen molar-refractivity contribution in [1.82, 2.24) is 9.78 Å². The molecule has 1 N–H and O–H groups in total. The molecule has 0 fully saturated rings. The molecule has 154 valence electrons. The summed E-state index contributed by atoms with van der Waals surface area (Å²) in [6.07, 6.45) is 4.73. The SMILES string of the molecule is COc1cc(/C=C/C(=O)c2ccnn2C)ccc1OCC(=O)Nc1ccc(C)cc1. The number of ketones is 1. The molecule has 1 aromatic heterocycles. The van der Waals surface area contributed by atoms with Gasteiger partial charge in [-0.2, -0.15) is 5.10 Å². The Morgan fingerprint density at radius 3 is 2.53 bits per heavy atom. The van der Waals surface area contributed by atoms with Crippen LogP contribution in [0.3, 0.4) is 0 Å². The van der Waals surface area contributed by atoms with Crippen LogP contribution in [0.1, 0.15) is 21.6 Å². The van der Waals surface area contributed by atoms with Gasteiger partial charge in [-0.15, -0.1) is 0 Å². The zero-order chi connectivity index (χ0) is 21.5. The minimum atomic E-state index is -0.272. The van der Waals surface area contributed by atoms with E-state index in [1.165, 1.54) is 17.9 Å². The highest BCUT2D eigenvalue weighted by atomic mass is 16.5. The molecule has 3 rings (SSSR count). The van der Waals surface area contributed by atoms with Gasteiger partial charge in [-0.05, 0) is 48.9 Å². The third-order valence-electron chi connectivity index (χ3n) is 4.38. The molecule has 2 aromatic carbocycles. The smallest absolute Gasteiger partial charge is 0.262 e. The molecule has 1 heterocycles. The van der Waals surface area contributed by atoms with Gasteiger partial charge in [0.15, 0.2) is 18.1 Å². The summed E-state index contributed by atoms with van der Waals surface area (Å²) in [4.78, 5) is 24.3. The monoisotopic (exact) mass is 405 g/mol. The van der Waals surface area contributed by atoms with Gasteiger partial charge in [0, 0.05) is 18.9 Å². The summed E-state index contributed by atoms with van der Waals surface area (Å²) in [5.74, 6) is 0.480. The van der Waals surface area contributed by atoms with Gasteiger partial charge >= 0.3 is 0 Å². The number of carbonyl (C=O) groups is 2. The number of amides is 1. The Kier molecular flexibility index (Phi) is 6.64. The molecule has 30 heavy (non-hydrogen) atoms. The van der Waals surface area contributed by atoms with E-state index in [-0.39, 0.29) is 18.3 Å². The number of rotatable bonds is 8. The number of nitrogens with zero attached hydrogens (tertiary/aromatic N) is 2. The summed E-state index contributed by atoms with van der Waals surface area (Å²) < 4.78 is 12.5. The van der Waals surface area contributed by atoms with E-state index < -0.39 is 0 Å². The quantitative estimate of drug-likeness (QED) is 0.457. The number of nitrogens with one attached hydrogen (secondary N) is 1. The van der Waals surface area contributed by atoms with Crippen LogP contribution in [0.15, 0.2) is 60.8 Å². The van der Waals surface area contributed by atoms with E-state index in [1.807, 2.05) is 31.2 Å². The average Bonchev–Trinajstić information content (AvgIpc) is 3.18. The first-order chi connectivity index (χ1) is 14.5. The minimum Gasteiger partial charge on any atom is -0.493 e. The molecule has 0 saturated heterocycles. The van der Waals surface area contributed by atoms with Crippen molar-refractivity contribution < 1.29 is 19.1 Å². The van der Waals surface area contributed by atoms with Gasteiger partial charge in [0.1, 0.15) is 5.69 Å². The summed E-state index contributed by atoms with van der Waals surface area (Å²) in [5.41, 5.74) is 3.08. The van der Waals surface area contributed by atoms with Crippen molar-refractivity contribution in [2.45, 2.75) is 6.92 Å². The Morgan fingerprint density at radius 2 is 1.87 bits per heavy atom. The van der Waals surface area contributed by atoms with Gasteiger partial charge in [-0.1, -0.05) is 29.8 Å². The fourth-order valence-electron chi connectivity index (χ4n) is 2.76. The van der Waals surface area contributed by atoms with Crippen LogP contribution in [0.5, 0.6) is 11.5 Å². The Bertz CT molecular complexity index is 1070. The van der Waals surface area contributed by atoms with E-state index in [0.717, 1.165) is 11.1 Å². The maximum Gasteiger partial charge on any atom is 0.262 e. The summed E-state index contributed by atoms with van der Waals surface area (Å²) in [7, 11) is 3.23. The zero-order valence-corrected chi connectivity index (χ0v) is 17.1. The van der Waals surface area contributed by atoms with Gasteiger partial charge in [0.05, 0.1) is 7.11 Å². The number of carbonyl (C=O) groups excluding carboxylic acids is 2. The first-order valence-electron chi connectivity index (χ1n) is 9.34. The Balaban J connectivity index is 1.61. The number of aromatic nitrogens is 2. The molecule has 0 saturated carbocycles. The summed E-state index contributed by atoms with van der Waals surface area (Å²) in [6, 6.07) is 14.4. The lowest BCUT2D eigenvalue weighted by atomic mass is 10.1. The molecule has 3 aromatic rings. The lowest BCUT2D eigenvalue weighted by Crippen LogP contribution is -2.20. The fraction of sp³-hybridized carbons (Fsp3) is 0.174. The maximum absolute atomic E-state index is 12.2. The number of methoxy groups -OCH3 is 1. The van der Waals surface area contributed by atoms with Crippen LogP contribution in [-0.4, -0.2) is 35.2 Å². The Morgan fingerprint density at radius 1 is 1.10 bits per heavy atom. The first kappa shape index (κ1) is 20.9. The van der Waals surface area contributed by atoms with Crippen molar-refractivity contribution in [2.24, 2.45) is 7.05 Å². The third kappa shape index (κ3) is 5.35. The number of allylic oxidation sites excluding steroid dienone is 1. The van der Waals surface area contributed by atoms with Crippen LogP contribution in [-0.2, 0) is 11.8 Å². The fourth-order valence-corrected chi connectivity index (χ4v) is 2.76. The molecule has 0 spiro atoms. The summed E-state index contributed by atoms with van der Waals surface area (Å²) in [5, 5.41) is 6.77. The minimum absolute atomic E-state index is 0.151. The summed E-state index contributed by atoms with van der Waals surface area (Å²) in [6.45, 7) is 1.83. The highest BCUT2D eigenvalue weighted by Gasteiger charge is 2.10. The van der Waals surface area contributed by atoms with E-state index in [2.05, 4.69) is 10.4 Å². The number of benzene rings is 2. The van der Waals surface area contributed by atoms with Crippen molar-refractivity contribution >= 4 is 23.5 Å². The lowest BCUT2D eigenvalue weighted by molar-refractivity contribution is -0.118. The number of aryl methyl sites for hydroxylation is 2. The molecule has 0 unspecified atom stereocenters. The second kappa shape index (κ2) is 9.56. The molecule has 0 radical (unpaired) electrons. The van der Waals surface area contributed by atoms with Gasteiger partial charge < -0.3 is 14.8 Å². The number of hydrogen-bond donors (Lipinski definition) is 1. The summed E-state index contributed by atoms with van der Waals surface area (Å²) >= 11 is 0. The average molecular weight is 405 g/mol. The van der Waals surface area contributed by atoms with E-state index in [9.17, 15) is 9.59 Å². The van der Waals surface area contributed by atoms with Crippen molar-refractivity contribution in [3.8, 4) is 11.5 Å². The van der Waals surface area contributed by atoms with Crippen molar-refractivity contribution in [1.29, 1.82) is 0 Å². The van der Waals surface area contributed by atoms with Crippen molar-refractivity contribution in [3.63, 3.8) is 0 Å². The van der Waals surface area contributed by atoms with Crippen molar-refractivity contribution in [2.75, 3.05) is 19.0 Å². The van der Waals surface area contributed by atoms with Gasteiger partial charge in [-0.25, -0.2) is 0 Å². The molecule has 0 bridgehead atoms. The van der Waals surface area contributed by atoms with Crippen LogP contribution >= 0.6 is 0 Å². The molecule has 7 heteroatoms. The van der Waals surface area contributed by atoms with Gasteiger partial charge in [-0.3, -0.25) is 14.3 Å². The van der Waals surface area contributed by atoms with Crippen LogP contribution in [0.4, 0.5) is 5.69 Å². The van der Waals surface area contributed by atoms with E-state index in [0.29, 0.717) is 22.9 Å². The normalized spacial score (nSPS) is 10.8. The van der Waals surface area contributed by atoms with Gasteiger partial charge in [0.2, 0.25) is 5.78 Å². The van der Waals surface area contributed by atoms with Crippen LogP contribution in [0.2, 0.25) is 0 Å². The Hall–Kier alpha value is -3.87. The topological polar surface area (TPSA) is 82.4 Å². The molecule has 0 atom stereocenters. The third-order valence-corrected chi connectivity index (χ3v) is 4.38. The molecule has 1 amide bonds. The van der Waals surface area contributed by atoms with E-state index in [4.69, 9.17) is 9.47 Å². The highest BCUT2D eigenvalue weighted by Crippen LogP contribution is 2.28. The maximum atomic E-state index is 12.2. The number of ether oxygens (including phenoxy) is 2. The molecular formula is C23H23N3O4. The zero-order valence-electron chi connectivity index (χ0n) is 17.1. The standard InChI is InChI=1S/C23H23N3O4/c1-16-4-8-18(9-5-16)25-23(28)15-30-21-11-7-17(14-22(21)29-3)6-10-20(27)19-12-13-24-26(19)2/h4-14H,15H2,1-3H3,(H,25,28)/b10-6+. The molecular weight excluding hydrogens is 382 g/mol. The Labute approximate surface area is 174 Å². The molecule has 0 aliphatic rings. The first-order valence-corrected chi connectivity index (χ1v) is 9.34. The predicted molar refractivity (Wildman–Crippen MR) is 115 cm³/mol.